The summed E-state index contributed by atoms with van der Waals surface area (Å²) in [6.07, 6.45) is 0. The Labute approximate surface area is 128 Å². The van der Waals surface area contributed by atoms with Gasteiger partial charge in [-0.2, -0.15) is 0 Å². The summed E-state index contributed by atoms with van der Waals surface area (Å²) in [6, 6.07) is 3.98. The largest absolute Gasteiger partial charge is 0.493 e. The molecule has 0 aliphatic carbocycles. The Hall–Kier alpha value is -1.73. The Balaban J connectivity index is 2.17. The van der Waals surface area contributed by atoms with Crippen molar-refractivity contribution in [1.82, 2.24) is 14.8 Å². The zero-order valence-corrected chi connectivity index (χ0v) is 13.5. The standard InChI is InChI=1S/C14H20N4O2S/c1-9-5-11(19-3)12(20-4)6-10(9)8-21-14-17-16-13(7-15)18(14)2/h5-6H,7-8,15H2,1-4H3. The second-order valence-corrected chi connectivity index (χ2v) is 5.53. The van der Waals surface area contributed by atoms with Gasteiger partial charge in [-0.25, -0.2) is 0 Å². The fraction of sp³-hybridized carbons (Fsp3) is 0.429. The minimum absolute atomic E-state index is 0.388. The first-order chi connectivity index (χ1) is 10.1. The van der Waals surface area contributed by atoms with Crippen LogP contribution in [-0.4, -0.2) is 29.0 Å². The van der Waals surface area contributed by atoms with E-state index in [-0.39, 0.29) is 0 Å². The van der Waals surface area contributed by atoms with Crippen molar-refractivity contribution in [2.75, 3.05) is 14.2 Å². The van der Waals surface area contributed by atoms with Crippen molar-refractivity contribution in [2.24, 2.45) is 12.8 Å². The minimum atomic E-state index is 0.388. The molecule has 114 valence electrons. The number of rotatable bonds is 6. The lowest BCUT2D eigenvalue weighted by Crippen LogP contribution is -2.05. The smallest absolute Gasteiger partial charge is 0.191 e. The molecule has 1 heterocycles. The molecule has 0 aliphatic rings. The van der Waals surface area contributed by atoms with E-state index >= 15 is 0 Å². The molecule has 0 fully saturated rings. The number of hydrogen-bond donors (Lipinski definition) is 1. The number of hydrogen-bond acceptors (Lipinski definition) is 6. The van der Waals surface area contributed by atoms with Crippen molar-refractivity contribution >= 4 is 11.8 Å². The van der Waals surface area contributed by atoms with Gasteiger partial charge < -0.3 is 19.8 Å². The molecule has 2 aromatic rings. The van der Waals surface area contributed by atoms with Gasteiger partial charge in [-0.3, -0.25) is 0 Å². The summed E-state index contributed by atoms with van der Waals surface area (Å²) in [5, 5.41) is 9.05. The van der Waals surface area contributed by atoms with Crippen LogP contribution in [0.4, 0.5) is 0 Å². The predicted molar refractivity (Wildman–Crippen MR) is 82.7 cm³/mol. The fourth-order valence-corrected chi connectivity index (χ4v) is 2.96. The highest BCUT2D eigenvalue weighted by Crippen LogP contribution is 2.33. The van der Waals surface area contributed by atoms with Crippen LogP contribution in [0.3, 0.4) is 0 Å². The topological polar surface area (TPSA) is 75.2 Å². The fourth-order valence-electron chi connectivity index (χ4n) is 1.97. The molecule has 2 N–H and O–H groups in total. The molecule has 0 spiro atoms. The summed E-state index contributed by atoms with van der Waals surface area (Å²) < 4.78 is 12.6. The lowest BCUT2D eigenvalue weighted by Gasteiger charge is -2.12. The molecule has 1 aromatic carbocycles. The molecule has 0 bridgehead atoms. The summed E-state index contributed by atoms with van der Waals surface area (Å²) in [5.74, 6) is 3.04. The van der Waals surface area contributed by atoms with Gasteiger partial charge in [0.05, 0.1) is 20.8 Å². The van der Waals surface area contributed by atoms with E-state index in [0.29, 0.717) is 6.54 Å². The van der Waals surface area contributed by atoms with Crippen molar-refractivity contribution in [1.29, 1.82) is 0 Å². The average Bonchev–Trinajstić information content (AvgIpc) is 2.85. The number of benzene rings is 1. The Morgan fingerprint density at radius 2 is 1.86 bits per heavy atom. The molecule has 0 radical (unpaired) electrons. The highest BCUT2D eigenvalue weighted by Gasteiger charge is 2.12. The van der Waals surface area contributed by atoms with Gasteiger partial charge in [0.25, 0.3) is 0 Å². The van der Waals surface area contributed by atoms with Crippen LogP contribution in [0.5, 0.6) is 11.5 Å². The highest BCUT2D eigenvalue weighted by atomic mass is 32.2. The number of thioether (sulfide) groups is 1. The number of ether oxygens (including phenoxy) is 2. The van der Waals surface area contributed by atoms with Gasteiger partial charge in [0.2, 0.25) is 0 Å². The molecule has 0 amide bonds. The highest BCUT2D eigenvalue weighted by molar-refractivity contribution is 7.98. The Morgan fingerprint density at radius 1 is 1.19 bits per heavy atom. The molecular weight excluding hydrogens is 288 g/mol. The number of nitrogens with two attached hydrogens (primary N) is 1. The molecule has 0 saturated heterocycles. The van der Waals surface area contributed by atoms with Crippen LogP contribution in [0.25, 0.3) is 0 Å². The second kappa shape index (κ2) is 6.82. The van der Waals surface area contributed by atoms with Crippen molar-refractivity contribution in [3.63, 3.8) is 0 Å². The lowest BCUT2D eigenvalue weighted by atomic mass is 10.1. The molecule has 6 nitrogen and oxygen atoms in total. The number of aryl methyl sites for hydroxylation is 1. The first-order valence-electron chi connectivity index (χ1n) is 6.53. The van der Waals surface area contributed by atoms with Gasteiger partial charge in [0.1, 0.15) is 5.82 Å². The van der Waals surface area contributed by atoms with Crippen LogP contribution in [0.2, 0.25) is 0 Å². The van der Waals surface area contributed by atoms with E-state index in [9.17, 15) is 0 Å². The van der Waals surface area contributed by atoms with E-state index in [2.05, 4.69) is 17.1 Å². The molecule has 2 rings (SSSR count). The zero-order chi connectivity index (χ0) is 15.4. The quantitative estimate of drug-likeness (QED) is 0.821. The third-order valence-electron chi connectivity index (χ3n) is 3.31. The summed E-state index contributed by atoms with van der Waals surface area (Å²) in [7, 11) is 5.20. The third kappa shape index (κ3) is 3.30. The molecular formula is C14H20N4O2S. The monoisotopic (exact) mass is 308 g/mol. The molecule has 0 saturated carbocycles. The molecule has 7 heteroatoms. The average molecular weight is 308 g/mol. The van der Waals surface area contributed by atoms with Crippen LogP contribution in [0, 0.1) is 6.92 Å². The van der Waals surface area contributed by atoms with E-state index in [1.54, 1.807) is 26.0 Å². The Bertz CT molecular complexity index is 628. The molecule has 0 aliphatic heterocycles. The number of nitrogens with zero attached hydrogens (tertiary/aromatic N) is 3. The summed E-state index contributed by atoms with van der Waals surface area (Å²) in [6.45, 7) is 2.44. The van der Waals surface area contributed by atoms with Crippen molar-refractivity contribution in [3.8, 4) is 11.5 Å². The van der Waals surface area contributed by atoms with E-state index in [1.165, 1.54) is 5.56 Å². The van der Waals surface area contributed by atoms with Gasteiger partial charge >= 0.3 is 0 Å². The molecule has 21 heavy (non-hydrogen) atoms. The molecule has 0 atom stereocenters. The lowest BCUT2D eigenvalue weighted by molar-refractivity contribution is 0.354. The zero-order valence-electron chi connectivity index (χ0n) is 12.7. The summed E-state index contributed by atoms with van der Waals surface area (Å²) in [4.78, 5) is 0. The summed E-state index contributed by atoms with van der Waals surface area (Å²) in [5.41, 5.74) is 7.93. The van der Waals surface area contributed by atoms with E-state index < -0.39 is 0 Å². The van der Waals surface area contributed by atoms with Gasteiger partial charge in [0.15, 0.2) is 16.7 Å². The normalized spacial score (nSPS) is 10.7. The van der Waals surface area contributed by atoms with Crippen LogP contribution >= 0.6 is 11.8 Å². The van der Waals surface area contributed by atoms with Gasteiger partial charge in [-0.15, -0.1) is 10.2 Å². The van der Waals surface area contributed by atoms with Crippen molar-refractivity contribution in [2.45, 2.75) is 24.4 Å². The van der Waals surface area contributed by atoms with Crippen LogP contribution < -0.4 is 15.2 Å². The van der Waals surface area contributed by atoms with Crippen LogP contribution in [0.1, 0.15) is 17.0 Å². The maximum atomic E-state index is 5.60. The van der Waals surface area contributed by atoms with Gasteiger partial charge in [-0.05, 0) is 30.2 Å². The first-order valence-corrected chi connectivity index (χ1v) is 7.51. The van der Waals surface area contributed by atoms with Crippen LogP contribution in [-0.2, 0) is 19.3 Å². The van der Waals surface area contributed by atoms with Gasteiger partial charge in [0, 0.05) is 12.8 Å². The molecule has 0 unspecified atom stereocenters. The van der Waals surface area contributed by atoms with E-state index in [4.69, 9.17) is 15.2 Å². The number of aromatic nitrogens is 3. The number of methoxy groups -OCH3 is 2. The Kier molecular flexibility index (Phi) is 5.08. The SMILES string of the molecule is COc1cc(C)c(CSc2nnc(CN)n2C)cc1OC. The van der Waals surface area contributed by atoms with Crippen molar-refractivity contribution in [3.05, 3.63) is 29.1 Å². The van der Waals surface area contributed by atoms with Gasteiger partial charge in [-0.1, -0.05) is 11.8 Å². The second-order valence-electron chi connectivity index (χ2n) is 4.58. The Morgan fingerprint density at radius 3 is 2.43 bits per heavy atom. The minimum Gasteiger partial charge on any atom is -0.493 e. The van der Waals surface area contributed by atoms with E-state index in [0.717, 1.165) is 33.8 Å². The maximum Gasteiger partial charge on any atom is 0.191 e. The third-order valence-corrected chi connectivity index (χ3v) is 4.38. The van der Waals surface area contributed by atoms with E-state index in [1.807, 2.05) is 23.7 Å². The molecule has 1 aromatic heterocycles. The maximum absolute atomic E-state index is 5.60. The summed E-state index contributed by atoms with van der Waals surface area (Å²) >= 11 is 1.62. The first kappa shape index (κ1) is 15.7. The van der Waals surface area contributed by atoms with Crippen molar-refractivity contribution < 1.29 is 9.47 Å². The predicted octanol–water partition coefficient (Wildman–Crippen LogP) is 1.89. The van der Waals surface area contributed by atoms with Crippen LogP contribution in [0.15, 0.2) is 17.3 Å².